The molecule has 0 fully saturated rings. The Kier molecular flexibility index (Phi) is 9.85. The van der Waals surface area contributed by atoms with E-state index in [-0.39, 0.29) is 0 Å². The summed E-state index contributed by atoms with van der Waals surface area (Å²) in [4.78, 5) is 0. The number of rotatable bonds is 11. The molecule has 0 bridgehead atoms. The summed E-state index contributed by atoms with van der Waals surface area (Å²) in [6.07, 6.45) is 5.07. The van der Waals surface area contributed by atoms with Crippen molar-refractivity contribution in [2.75, 3.05) is 25.7 Å². The van der Waals surface area contributed by atoms with Crippen molar-refractivity contribution < 1.29 is 9.47 Å². The topological polar surface area (TPSA) is 18.5 Å². The van der Waals surface area contributed by atoms with Crippen LogP contribution in [0.4, 0.5) is 0 Å². The van der Waals surface area contributed by atoms with Crippen molar-refractivity contribution in [2.45, 2.75) is 44.1 Å². The molecule has 1 aromatic carbocycles. The van der Waals surface area contributed by atoms with Gasteiger partial charge in [-0.2, -0.15) is 0 Å². The van der Waals surface area contributed by atoms with E-state index in [1.165, 1.54) is 42.8 Å². The predicted molar refractivity (Wildman–Crippen MR) is 97.0 cm³/mol. The maximum absolute atomic E-state index is 5.43. The molecular formula is C17H28O2S2. The van der Waals surface area contributed by atoms with Crippen molar-refractivity contribution >= 4 is 23.5 Å². The van der Waals surface area contributed by atoms with E-state index >= 15 is 0 Å². The van der Waals surface area contributed by atoms with Gasteiger partial charge in [0.1, 0.15) is 0 Å². The van der Waals surface area contributed by atoms with Gasteiger partial charge in [0.05, 0.1) is 18.8 Å². The molecule has 0 saturated carbocycles. The van der Waals surface area contributed by atoms with Crippen LogP contribution < -0.4 is 9.47 Å². The van der Waals surface area contributed by atoms with Crippen LogP contribution in [0.25, 0.3) is 0 Å². The molecule has 21 heavy (non-hydrogen) atoms. The highest BCUT2D eigenvalue weighted by atomic mass is 32.2. The number of hydrogen-bond acceptors (Lipinski definition) is 4. The van der Waals surface area contributed by atoms with E-state index in [4.69, 9.17) is 9.47 Å². The minimum Gasteiger partial charge on any atom is -0.493 e. The van der Waals surface area contributed by atoms with Gasteiger partial charge in [0.2, 0.25) is 0 Å². The third-order valence-electron chi connectivity index (χ3n) is 3.21. The molecule has 0 spiro atoms. The van der Waals surface area contributed by atoms with Crippen molar-refractivity contribution in [3.63, 3.8) is 0 Å². The van der Waals surface area contributed by atoms with Gasteiger partial charge in [-0.1, -0.05) is 32.8 Å². The van der Waals surface area contributed by atoms with Gasteiger partial charge in [0.25, 0.3) is 0 Å². The molecule has 4 heteroatoms. The summed E-state index contributed by atoms with van der Waals surface area (Å²) < 4.78 is 11.3. The molecule has 0 aliphatic rings. The smallest absolute Gasteiger partial charge is 0.161 e. The van der Waals surface area contributed by atoms with Crippen LogP contribution >= 0.6 is 23.5 Å². The molecule has 1 rings (SSSR count). The van der Waals surface area contributed by atoms with Crippen LogP contribution in [0.1, 0.15) is 49.7 Å². The lowest BCUT2D eigenvalue weighted by molar-refractivity contribution is 0.354. The number of ether oxygens (including phenoxy) is 2. The lowest BCUT2D eigenvalue weighted by Gasteiger charge is -2.18. The fraction of sp³-hybridized carbons (Fsp3) is 0.647. The summed E-state index contributed by atoms with van der Waals surface area (Å²) in [6, 6.07) is 6.31. The third kappa shape index (κ3) is 6.43. The largest absolute Gasteiger partial charge is 0.493 e. The van der Waals surface area contributed by atoms with Gasteiger partial charge < -0.3 is 9.47 Å². The molecule has 0 radical (unpaired) electrons. The van der Waals surface area contributed by atoms with Gasteiger partial charge in [0.15, 0.2) is 11.5 Å². The number of methoxy groups -OCH3 is 2. The van der Waals surface area contributed by atoms with Crippen molar-refractivity contribution in [3.8, 4) is 11.5 Å². The number of hydrogen-bond donors (Lipinski definition) is 0. The van der Waals surface area contributed by atoms with E-state index in [9.17, 15) is 0 Å². The second-order valence-electron chi connectivity index (χ2n) is 4.90. The maximum atomic E-state index is 5.43. The Morgan fingerprint density at radius 1 is 0.905 bits per heavy atom. The zero-order valence-corrected chi connectivity index (χ0v) is 15.3. The molecule has 0 aliphatic carbocycles. The van der Waals surface area contributed by atoms with Crippen LogP contribution in [0.2, 0.25) is 0 Å². The van der Waals surface area contributed by atoms with Gasteiger partial charge in [-0.15, -0.1) is 23.5 Å². The molecule has 0 amide bonds. The van der Waals surface area contributed by atoms with Crippen LogP contribution in [-0.4, -0.2) is 25.7 Å². The van der Waals surface area contributed by atoms with Crippen molar-refractivity contribution in [1.82, 2.24) is 0 Å². The Hall–Kier alpha value is -0.480. The van der Waals surface area contributed by atoms with Crippen molar-refractivity contribution in [3.05, 3.63) is 23.8 Å². The first-order valence-corrected chi connectivity index (χ1v) is 9.81. The first kappa shape index (κ1) is 18.6. The average molecular weight is 329 g/mol. The Morgan fingerprint density at radius 3 is 1.95 bits per heavy atom. The molecule has 0 aromatic heterocycles. The van der Waals surface area contributed by atoms with Crippen molar-refractivity contribution in [1.29, 1.82) is 0 Å². The molecule has 0 atom stereocenters. The number of benzene rings is 1. The molecular weight excluding hydrogens is 300 g/mol. The van der Waals surface area contributed by atoms with E-state index in [0.29, 0.717) is 4.58 Å². The molecule has 0 unspecified atom stereocenters. The van der Waals surface area contributed by atoms with E-state index in [0.717, 1.165) is 11.5 Å². The molecule has 120 valence electrons. The van der Waals surface area contributed by atoms with Crippen molar-refractivity contribution in [2.24, 2.45) is 0 Å². The predicted octanol–water partition coefficient (Wildman–Crippen LogP) is 5.77. The van der Waals surface area contributed by atoms with Crippen LogP contribution in [0.3, 0.4) is 0 Å². The Morgan fingerprint density at radius 2 is 1.48 bits per heavy atom. The molecule has 0 saturated heterocycles. The summed E-state index contributed by atoms with van der Waals surface area (Å²) in [7, 11) is 3.38. The second-order valence-corrected chi connectivity index (χ2v) is 7.62. The van der Waals surface area contributed by atoms with Gasteiger partial charge in [-0.3, -0.25) is 0 Å². The van der Waals surface area contributed by atoms with Crippen LogP contribution in [0, 0.1) is 0 Å². The normalized spacial score (nSPS) is 10.9. The highest BCUT2D eigenvalue weighted by molar-refractivity contribution is 8.16. The average Bonchev–Trinajstić information content (AvgIpc) is 2.53. The summed E-state index contributed by atoms with van der Waals surface area (Å²) in [5, 5.41) is 0. The van der Waals surface area contributed by atoms with Gasteiger partial charge >= 0.3 is 0 Å². The molecule has 0 N–H and O–H groups in total. The van der Waals surface area contributed by atoms with Gasteiger partial charge in [0, 0.05) is 0 Å². The first-order chi connectivity index (χ1) is 10.3. The fourth-order valence-corrected chi connectivity index (χ4v) is 4.89. The van der Waals surface area contributed by atoms with Crippen LogP contribution in [-0.2, 0) is 0 Å². The van der Waals surface area contributed by atoms with E-state index in [2.05, 4.69) is 26.0 Å². The highest BCUT2D eigenvalue weighted by Crippen LogP contribution is 2.43. The molecule has 1 aromatic rings. The number of unbranched alkanes of at least 4 members (excludes halogenated alkanes) is 2. The first-order valence-electron chi connectivity index (χ1n) is 7.71. The van der Waals surface area contributed by atoms with Gasteiger partial charge in [-0.25, -0.2) is 0 Å². The highest BCUT2D eigenvalue weighted by Gasteiger charge is 2.15. The van der Waals surface area contributed by atoms with E-state index < -0.39 is 0 Å². The SMILES string of the molecule is CCCCSC(SCCCC)c1ccc(OC)c(OC)c1. The van der Waals surface area contributed by atoms with Crippen LogP contribution in [0.15, 0.2) is 18.2 Å². The summed E-state index contributed by atoms with van der Waals surface area (Å²) in [5.41, 5.74) is 1.33. The molecule has 2 nitrogen and oxygen atoms in total. The fourth-order valence-electron chi connectivity index (χ4n) is 1.91. The monoisotopic (exact) mass is 328 g/mol. The maximum Gasteiger partial charge on any atom is 0.161 e. The zero-order valence-electron chi connectivity index (χ0n) is 13.7. The summed E-state index contributed by atoms with van der Waals surface area (Å²) in [5.74, 6) is 4.06. The molecule has 0 aliphatic heterocycles. The number of thioether (sulfide) groups is 2. The van der Waals surface area contributed by atoms with Gasteiger partial charge in [-0.05, 0) is 42.0 Å². The lowest BCUT2D eigenvalue weighted by Crippen LogP contribution is -1.96. The quantitative estimate of drug-likeness (QED) is 0.379. The second kappa shape index (κ2) is 11.1. The minimum absolute atomic E-state index is 0.489. The Labute approximate surface area is 138 Å². The van der Waals surface area contributed by atoms with E-state index in [1.807, 2.05) is 29.6 Å². The zero-order chi connectivity index (χ0) is 15.5. The lowest BCUT2D eigenvalue weighted by atomic mass is 10.2. The third-order valence-corrected chi connectivity index (χ3v) is 6.23. The Bertz CT molecular complexity index is 386. The van der Waals surface area contributed by atoms with Crippen LogP contribution in [0.5, 0.6) is 11.5 Å². The summed E-state index contributed by atoms with van der Waals surface area (Å²) in [6.45, 7) is 4.49. The minimum atomic E-state index is 0.489. The standard InChI is InChI=1S/C17H28O2S2/c1-5-7-11-20-17(21-12-8-6-2)14-9-10-15(18-3)16(13-14)19-4/h9-10,13,17H,5-8,11-12H2,1-4H3. The molecule has 0 heterocycles. The summed E-state index contributed by atoms with van der Waals surface area (Å²) >= 11 is 4.10. The van der Waals surface area contributed by atoms with E-state index in [1.54, 1.807) is 14.2 Å². The Balaban J connectivity index is 2.79.